The summed E-state index contributed by atoms with van der Waals surface area (Å²) in [7, 11) is 0. The molecule has 0 amide bonds. The topological polar surface area (TPSA) is 42.2 Å². The van der Waals surface area contributed by atoms with Crippen LogP contribution in [0.3, 0.4) is 0 Å². The highest BCUT2D eigenvalue weighted by Crippen LogP contribution is 2.26. The van der Waals surface area contributed by atoms with Gasteiger partial charge < -0.3 is 9.47 Å². The summed E-state index contributed by atoms with van der Waals surface area (Å²) in [5.74, 6) is 1.55. The number of hydrogen-bond acceptors (Lipinski definition) is 3. The number of allylic oxidation sites excluding steroid dienone is 1. The molecule has 0 radical (unpaired) electrons. The van der Waals surface area contributed by atoms with Gasteiger partial charge in [0, 0.05) is 0 Å². The van der Waals surface area contributed by atoms with Gasteiger partial charge in [-0.3, -0.25) is 0 Å². The summed E-state index contributed by atoms with van der Waals surface area (Å²) >= 11 is 3.39. The van der Waals surface area contributed by atoms with E-state index in [0.717, 1.165) is 22.2 Å². The molecule has 0 saturated heterocycles. The predicted molar refractivity (Wildman–Crippen MR) is 90.2 cm³/mol. The maximum Gasteiger partial charge on any atom is 0.133 e. The first-order valence-electron chi connectivity index (χ1n) is 6.88. The lowest BCUT2D eigenvalue weighted by Crippen LogP contribution is -2.10. The summed E-state index contributed by atoms with van der Waals surface area (Å²) < 4.78 is 12.2. The fraction of sp³-hybridized carbons (Fsp3) is 0.167. The Labute approximate surface area is 138 Å². The van der Waals surface area contributed by atoms with Gasteiger partial charge in [0.2, 0.25) is 0 Å². The third-order valence-corrected chi connectivity index (χ3v) is 3.62. The molecule has 0 fully saturated rings. The van der Waals surface area contributed by atoms with Crippen LogP contribution in [-0.2, 0) is 6.42 Å². The van der Waals surface area contributed by atoms with Crippen LogP contribution in [0.15, 0.2) is 59.6 Å². The SMILES string of the molecule is C=CCc1ccccc1OCCOc1ccc(C#N)cc1Br. The van der Waals surface area contributed by atoms with Crippen molar-refractivity contribution in [1.29, 1.82) is 5.26 Å². The molecule has 0 spiro atoms. The first kappa shape index (κ1) is 16.1. The Hall–Kier alpha value is -2.25. The van der Waals surface area contributed by atoms with Crippen molar-refractivity contribution in [3.05, 3.63) is 70.7 Å². The molecule has 112 valence electrons. The van der Waals surface area contributed by atoms with Crippen LogP contribution in [0.4, 0.5) is 0 Å². The minimum Gasteiger partial charge on any atom is -0.490 e. The van der Waals surface area contributed by atoms with Gasteiger partial charge in [-0.2, -0.15) is 5.26 Å². The Kier molecular flexibility index (Phi) is 6.05. The van der Waals surface area contributed by atoms with Gasteiger partial charge >= 0.3 is 0 Å². The minimum atomic E-state index is 0.424. The van der Waals surface area contributed by atoms with Gasteiger partial charge in [-0.05, 0) is 52.2 Å². The Bertz CT molecular complexity index is 692. The van der Waals surface area contributed by atoms with E-state index in [2.05, 4.69) is 28.6 Å². The van der Waals surface area contributed by atoms with E-state index >= 15 is 0 Å². The van der Waals surface area contributed by atoms with Gasteiger partial charge in [-0.25, -0.2) is 0 Å². The molecular formula is C18H16BrNO2. The lowest BCUT2D eigenvalue weighted by Gasteiger charge is -2.12. The average Bonchev–Trinajstić information content (AvgIpc) is 2.54. The van der Waals surface area contributed by atoms with E-state index in [1.165, 1.54) is 0 Å². The molecule has 2 aromatic carbocycles. The van der Waals surface area contributed by atoms with Crippen molar-refractivity contribution in [2.24, 2.45) is 0 Å². The van der Waals surface area contributed by atoms with Crippen molar-refractivity contribution in [2.45, 2.75) is 6.42 Å². The van der Waals surface area contributed by atoms with Gasteiger partial charge in [0.05, 0.1) is 16.1 Å². The predicted octanol–water partition coefficient (Wildman–Crippen LogP) is 4.51. The maximum atomic E-state index is 8.82. The van der Waals surface area contributed by atoms with Crippen molar-refractivity contribution in [3.8, 4) is 17.6 Å². The van der Waals surface area contributed by atoms with Crippen LogP contribution >= 0.6 is 15.9 Å². The first-order chi connectivity index (χ1) is 10.7. The van der Waals surface area contributed by atoms with Crippen LogP contribution < -0.4 is 9.47 Å². The number of nitriles is 1. The third kappa shape index (κ3) is 4.37. The van der Waals surface area contributed by atoms with Crippen LogP contribution in [-0.4, -0.2) is 13.2 Å². The van der Waals surface area contributed by atoms with Gasteiger partial charge in [-0.15, -0.1) is 6.58 Å². The number of rotatable bonds is 7. The molecule has 0 unspecified atom stereocenters. The molecule has 0 bridgehead atoms. The van der Waals surface area contributed by atoms with Crippen LogP contribution in [0.25, 0.3) is 0 Å². The zero-order valence-corrected chi connectivity index (χ0v) is 13.7. The first-order valence-corrected chi connectivity index (χ1v) is 7.68. The molecule has 0 aliphatic heterocycles. The van der Waals surface area contributed by atoms with Crippen molar-refractivity contribution < 1.29 is 9.47 Å². The van der Waals surface area contributed by atoms with E-state index in [9.17, 15) is 0 Å². The zero-order chi connectivity index (χ0) is 15.8. The van der Waals surface area contributed by atoms with Gasteiger partial charge in [-0.1, -0.05) is 24.3 Å². The van der Waals surface area contributed by atoms with E-state index in [1.54, 1.807) is 18.2 Å². The van der Waals surface area contributed by atoms with Crippen LogP contribution in [0.2, 0.25) is 0 Å². The van der Waals surface area contributed by atoms with Gasteiger partial charge in [0.1, 0.15) is 24.7 Å². The summed E-state index contributed by atoms with van der Waals surface area (Å²) in [5.41, 5.74) is 1.70. The largest absolute Gasteiger partial charge is 0.490 e. The molecule has 2 rings (SSSR count). The molecule has 0 aromatic heterocycles. The second-order valence-electron chi connectivity index (χ2n) is 4.55. The van der Waals surface area contributed by atoms with E-state index < -0.39 is 0 Å². The van der Waals surface area contributed by atoms with Crippen molar-refractivity contribution in [3.63, 3.8) is 0 Å². The van der Waals surface area contributed by atoms with Crippen LogP contribution in [0.5, 0.6) is 11.5 Å². The summed E-state index contributed by atoms with van der Waals surface area (Å²) in [6, 6.07) is 15.2. The Morgan fingerprint density at radius 3 is 2.50 bits per heavy atom. The monoisotopic (exact) mass is 357 g/mol. The zero-order valence-electron chi connectivity index (χ0n) is 12.1. The smallest absolute Gasteiger partial charge is 0.133 e. The second kappa shape index (κ2) is 8.26. The number of nitrogens with zero attached hydrogens (tertiary/aromatic N) is 1. The van der Waals surface area contributed by atoms with Crippen molar-refractivity contribution in [1.82, 2.24) is 0 Å². The van der Waals surface area contributed by atoms with E-state index in [0.29, 0.717) is 24.5 Å². The van der Waals surface area contributed by atoms with Gasteiger partial charge in [0.15, 0.2) is 0 Å². The molecule has 0 heterocycles. The molecule has 2 aromatic rings. The minimum absolute atomic E-state index is 0.424. The molecule has 22 heavy (non-hydrogen) atoms. The van der Waals surface area contributed by atoms with Gasteiger partial charge in [0.25, 0.3) is 0 Å². The highest BCUT2D eigenvalue weighted by atomic mass is 79.9. The summed E-state index contributed by atoms with van der Waals surface area (Å²) in [4.78, 5) is 0. The molecule has 0 saturated carbocycles. The summed E-state index contributed by atoms with van der Waals surface area (Å²) in [6.07, 6.45) is 2.63. The maximum absolute atomic E-state index is 8.82. The average molecular weight is 358 g/mol. The van der Waals surface area contributed by atoms with E-state index in [1.807, 2.05) is 30.3 Å². The van der Waals surface area contributed by atoms with E-state index in [-0.39, 0.29) is 0 Å². The molecular weight excluding hydrogens is 342 g/mol. The Morgan fingerprint density at radius 2 is 1.82 bits per heavy atom. The molecule has 4 heteroatoms. The van der Waals surface area contributed by atoms with E-state index in [4.69, 9.17) is 14.7 Å². The highest BCUT2D eigenvalue weighted by molar-refractivity contribution is 9.10. The van der Waals surface area contributed by atoms with Crippen molar-refractivity contribution >= 4 is 15.9 Å². The second-order valence-corrected chi connectivity index (χ2v) is 5.41. The standard InChI is InChI=1S/C18H16BrNO2/c1-2-5-15-6-3-4-7-17(15)21-10-11-22-18-9-8-14(13-20)12-16(18)19/h2-4,6-9,12H,1,5,10-11H2. The van der Waals surface area contributed by atoms with Crippen LogP contribution in [0.1, 0.15) is 11.1 Å². The Morgan fingerprint density at radius 1 is 1.09 bits per heavy atom. The van der Waals surface area contributed by atoms with Crippen molar-refractivity contribution in [2.75, 3.05) is 13.2 Å². The third-order valence-electron chi connectivity index (χ3n) is 3.00. The highest BCUT2D eigenvalue weighted by Gasteiger charge is 2.04. The summed E-state index contributed by atoms with van der Waals surface area (Å²) in [5, 5.41) is 8.82. The number of hydrogen-bond donors (Lipinski definition) is 0. The lowest BCUT2D eigenvalue weighted by atomic mass is 10.1. The molecule has 0 aliphatic carbocycles. The molecule has 0 atom stereocenters. The van der Waals surface area contributed by atoms with Crippen LogP contribution in [0, 0.1) is 11.3 Å². The lowest BCUT2D eigenvalue weighted by molar-refractivity contribution is 0.215. The molecule has 0 N–H and O–H groups in total. The Balaban J connectivity index is 1.87. The number of benzene rings is 2. The number of para-hydroxylation sites is 1. The fourth-order valence-corrected chi connectivity index (χ4v) is 2.45. The summed E-state index contributed by atoms with van der Waals surface area (Å²) in [6.45, 7) is 4.62. The fourth-order valence-electron chi connectivity index (χ4n) is 1.96. The molecule has 3 nitrogen and oxygen atoms in total. The number of halogens is 1. The number of ether oxygens (including phenoxy) is 2. The normalized spacial score (nSPS) is 9.82. The molecule has 0 aliphatic rings. The quantitative estimate of drug-likeness (QED) is 0.540.